The summed E-state index contributed by atoms with van der Waals surface area (Å²) < 4.78 is 38.9. The van der Waals surface area contributed by atoms with Gasteiger partial charge in [0, 0.05) is 18.2 Å². The molecule has 0 radical (unpaired) electrons. The maximum Gasteiger partial charge on any atom is 0.416 e. The summed E-state index contributed by atoms with van der Waals surface area (Å²) >= 11 is 0. The van der Waals surface area contributed by atoms with Crippen LogP contribution in [0.25, 0.3) is 0 Å². The standard InChI is InChI=1S/C18H18F3N3O2/c19-18(20,21)14-7-5-12(6-8-14)17(26)22-9-10-24-16(25)11-13-3-1-2-4-15(13)23-24/h5-8,11H,1-4,9-10H2,(H,22,26). The van der Waals surface area contributed by atoms with Crippen molar-refractivity contribution in [3.8, 4) is 0 Å². The third-order valence-electron chi connectivity index (χ3n) is 4.36. The van der Waals surface area contributed by atoms with Crippen LogP contribution in [0.15, 0.2) is 35.1 Å². The van der Waals surface area contributed by atoms with Gasteiger partial charge in [-0.1, -0.05) is 0 Å². The van der Waals surface area contributed by atoms with Crippen molar-refractivity contribution in [2.45, 2.75) is 38.4 Å². The molecule has 0 bridgehead atoms. The smallest absolute Gasteiger partial charge is 0.350 e. The van der Waals surface area contributed by atoms with E-state index in [4.69, 9.17) is 0 Å². The average Bonchev–Trinajstić information content (AvgIpc) is 2.61. The van der Waals surface area contributed by atoms with Crippen LogP contribution in [0.1, 0.15) is 40.0 Å². The van der Waals surface area contributed by atoms with Gasteiger partial charge in [-0.25, -0.2) is 4.68 Å². The molecule has 1 aromatic carbocycles. The Morgan fingerprint density at radius 3 is 2.54 bits per heavy atom. The molecule has 8 heteroatoms. The minimum atomic E-state index is -4.44. The Balaban J connectivity index is 1.59. The van der Waals surface area contributed by atoms with Gasteiger partial charge in [-0.05, 0) is 55.5 Å². The van der Waals surface area contributed by atoms with Crippen LogP contribution in [0.5, 0.6) is 0 Å². The topological polar surface area (TPSA) is 64.0 Å². The number of nitrogens with zero attached hydrogens (tertiary/aromatic N) is 2. The lowest BCUT2D eigenvalue weighted by Gasteiger charge is -2.16. The number of hydrogen-bond acceptors (Lipinski definition) is 3. The predicted octanol–water partition coefficient (Wildman–Crippen LogP) is 2.57. The lowest BCUT2D eigenvalue weighted by molar-refractivity contribution is -0.137. The number of benzene rings is 1. The van der Waals surface area contributed by atoms with Crippen molar-refractivity contribution in [2.75, 3.05) is 6.54 Å². The first-order chi connectivity index (χ1) is 12.3. The number of aromatic nitrogens is 2. The van der Waals surface area contributed by atoms with E-state index in [1.807, 2.05) is 0 Å². The van der Waals surface area contributed by atoms with Gasteiger partial charge in [0.2, 0.25) is 0 Å². The molecular formula is C18H18F3N3O2. The van der Waals surface area contributed by atoms with Crippen LogP contribution in [0, 0.1) is 0 Å². The van der Waals surface area contributed by atoms with Crippen LogP contribution in [-0.2, 0) is 25.6 Å². The summed E-state index contributed by atoms with van der Waals surface area (Å²) in [5, 5.41) is 6.94. The normalized spacial score (nSPS) is 14.0. The Bertz CT molecular complexity index is 857. The highest BCUT2D eigenvalue weighted by molar-refractivity contribution is 5.94. The molecule has 26 heavy (non-hydrogen) atoms. The van der Waals surface area contributed by atoms with Crippen molar-refractivity contribution in [3.05, 3.63) is 63.1 Å². The predicted molar refractivity (Wildman–Crippen MR) is 88.9 cm³/mol. The lowest BCUT2D eigenvalue weighted by Crippen LogP contribution is -2.33. The van der Waals surface area contributed by atoms with Gasteiger partial charge in [0.25, 0.3) is 11.5 Å². The molecule has 5 nitrogen and oxygen atoms in total. The van der Waals surface area contributed by atoms with Crippen LogP contribution in [-0.4, -0.2) is 22.2 Å². The SMILES string of the molecule is O=C(NCCn1nc2c(cc1=O)CCCC2)c1ccc(C(F)(F)F)cc1. The zero-order valence-corrected chi connectivity index (χ0v) is 14.0. The molecule has 0 saturated heterocycles. The fourth-order valence-corrected chi connectivity index (χ4v) is 2.95. The molecule has 138 valence electrons. The van der Waals surface area contributed by atoms with Gasteiger partial charge in [-0.3, -0.25) is 9.59 Å². The minimum Gasteiger partial charge on any atom is -0.350 e. The molecule has 0 saturated carbocycles. The monoisotopic (exact) mass is 365 g/mol. The molecule has 3 rings (SSSR count). The van der Waals surface area contributed by atoms with Crippen molar-refractivity contribution < 1.29 is 18.0 Å². The number of nitrogens with one attached hydrogen (secondary N) is 1. The Morgan fingerprint density at radius 1 is 1.15 bits per heavy atom. The summed E-state index contributed by atoms with van der Waals surface area (Å²) in [7, 11) is 0. The van der Waals surface area contributed by atoms with E-state index in [0.717, 1.165) is 61.2 Å². The Hall–Kier alpha value is -2.64. The highest BCUT2D eigenvalue weighted by atomic mass is 19.4. The van der Waals surface area contributed by atoms with Crippen LogP contribution in [0.3, 0.4) is 0 Å². The molecule has 0 unspecified atom stereocenters. The molecule has 1 aromatic heterocycles. The van der Waals surface area contributed by atoms with Gasteiger partial charge in [-0.15, -0.1) is 0 Å². The molecule has 1 N–H and O–H groups in total. The van der Waals surface area contributed by atoms with E-state index in [0.29, 0.717) is 0 Å². The number of halogens is 3. The highest BCUT2D eigenvalue weighted by Crippen LogP contribution is 2.29. The lowest BCUT2D eigenvalue weighted by atomic mass is 9.97. The second kappa shape index (κ2) is 7.31. The number of aryl methyl sites for hydroxylation is 2. The fourth-order valence-electron chi connectivity index (χ4n) is 2.95. The molecule has 0 spiro atoms. The molecule has 0 atom stereocenters. The molecule has 0 aliphatic heterocycles. The van der Waals surface area contributed by atoms with E-state index in [1.54, 1.807) is 6.07 Å². The number of rotatable bonds is 4. The second-order valence-electron chi connectivity index (χ2n) is 6.22. The third kappa shape index (κ3) is 4.12. The van der Waals surface area contributed by atoms with E-state index in [2.05, 4.69) is 10.4 Å². The number of fused-ring (bicyclic) bond motifs is 1. The van der Waals surface area contributed by atoms with E-state index in [9.17, 15) is 22.8 Å². The summed E-state index contributed by atoms with van der Waals surface area (Å²) in [4.78, 5) is 24.1. The number of hydrogen-bond donors (Lipinski definition) is 1. The Morgan fingerprint density at radius 2 is 1.85 bits per heavy atom. The maximum atomic E-state index is 12.5. The van der Waals surface area contributed by atoms with Crippen LogP contribution in [0.2, 0.25) is 0 Å². The quantitative estimate of drug-likeness (QED) is 0.906. The number of alkyl halides is 3. The van der Waals surface area contributed by atoms with Crippen LogP contribution in [0.4, 0.5) is 13.2 Å². The fraction of sp³-hybridized carbons (Fsp3) is 0.389. The van der Waals surface area contributed by atoms with Crippen molar-refractivity contribution in [1.29, 1.82) is 0 Å². The van der Waals surface area contributed by atoms with E-state index in [1.165, 1.54) is 4.68 Å². The van der Waals surface area contributed by atoms with E-state index in [-0.39, 0.29) is 24.2 Å². The van der Waals surface area contributed by atoms with Crippen molar-refractivity contribution in [1.82, 2.24) is 15.1 Å². The van der Waals surface area contributed by atoms with Gasteiger partial charge in [0.05, 0.1) is 17.8 Å². The van der Waals surface area contributed by atoms with Crippen LogP contribution < -0.4 is 10.9 Å². The van der Waals surface area contributed by atoms with Gasteiger partial charge in [0.15, 0.2) is 0 Å². The summed E-state index contributed by atoms with van der Waals surface area (Å²) in [6.45, 7) is 0.365. The van der Waals surface area contributed by atoms with Gasteiger partial charge >= 0.3 is 6.18 Å². The average molecular weight is 365 g/mol. The first-order valence-corrected chi connectivity index (χ1v) is 8.40. The molecule has 1 heterocycles. The van der Waals surface area contributed by atoms with Crippen molar-refractivity contribution in [3.63, 3.8) is 0 Å². The molecule has 0 fully saturated rings. The molecule has 1 aliphatic rings. The molecule has 2 aromatic rings. The largest absolute Gasteiger partial charge is 0.416 e. The number of carbonyl (C=O) groups excluding carboxylic acids is 1. The minimum absolute atomic E-state index is 0.128. The van der Waals surface area contributed by atoms with Gasteiger partial charge < -0.3 is 5.32 Å². The molecule has 1 aliphatic carbocycles. The number of carbonyl (C=O) groups is 1. The second-order valence-corrected chi connectivity index (χ2v) is 6.22. The van der Waals surface area contributed by atoms with E-state index >= 15 is 0 Å². The highest BCUT2D eigenvalue weighted by Gasteiger charge is 2.30. The van der Waals surface area contributed by atoms with E-state index < -0.39 is 17.6 Å². The van der Waals surface area contributed by atoms with Crippen LogP contribution >= 0.6 is 0 Å². The summed E-state index contributed by atoms with van der Waals surface area (Å²) in [5.41, 5.74) is 1.02. The molecule has 1 amide bonds. The zero-order chi connectivity index (χ0) is 18.7. The maximum absolute atomic E-state index is 12.5. The third-order valence-corrected chi connectivity index (χ3v) is 4.36. The number of amides is 1. The molecular weight excluding hydrogens is 347 g/mol. The first-order valence-electron chi connectivity index (χ1n) is 8.40. The van der Waals surface area contributed by atoms with Crippen molar-refractivity contribution in [2.24, 2.45) is 0 Å². The summed E-state index contributed by atoms with van der Waals surface area (Å²) in [5.74, 6) is -0.496. The van der Waals surface area contributed by atoms with Gasteiger partial charge in [-0.2, -0.15) is 18.3 Å². The first kappa shape index (κ1) is 18.2. The summed E-state index contributed by atoms with van der Waals surface area (Å²) in [6, 6.07) is 5.58. The van der Waals surface area contributed by atoms with Gasteiger partial charge in [0.1, 0.15) is 0 Å². The Labute approximate surface area is 147 Å². The van der Waals surface area contributed by atoms with Crippen molar-refractivity contribution >= 4 is 5.91 Å². The Kier molecular flexibility index (Phi) is 5.11. The zero-order valence-electron chi connectivity index (χ0n) is 14.0. The summed E-state index contributed by atoms with van der Waals surface area (Å²) in [6.07, 6.45) is -0.630.